The molecule has 0 atom stereocenters. The van der Waals surface area contributed by atoms with Crippen molar-refractivity contribution in [2.45, 2.75) is 38.1 Å². The van der Waals surface area contributed by atoms with Crippen molar-refractivity contribution in [2.24, 2.45) is 0 Å². The predicted octanol–water partition coefficient (Wildman–Crippen LogP) is 3.18. The average Bonchev–Trinajstić information content (AvgIpc) is 2.70. The first-order valence-corrected chi connectivity index (χ1v) is 7.87. The Labute approximate surface area is 135 Å². The van der Waals surface area contributed by atoms with Crippen LogP contribution in [-0.2, 0) is 9.59 Å². The molecular weight excluding hydrogens is 353 g/mol. The Balaban J connectivity index is 2.10. The molecule has 1 saturated carbocycles. The zero-order valence-corrected chi connectivity index (χ0v) is 13.6. The van der Waals surface area contributed by atoms with E-state index in [2.05, 4.69) is 21.2 Å². The Kier molecular flexibility index (Phi) is 3.59. The number of aliphatic hydroxyl groups excluding tert-OH is 1. The molecule has 0 saturated heterocycles. The molecule has 22 heavy (non-hydrogen) atoms. The fourth-order valence-electron chi connectivity index (χ4n) is 3.17. The molecule has 6 heteroatoms. The molecule has 0 aromatic heterocycles. The van der Waals surface area contributed by atoms with Gasteiger partial charge in [0, 0.05) is 12.8 Å². The fourth-order valence-corrected chi connectivity index (χ4v) is 3.51. The molecule has 1 aromatic carbocycles. The highest BCUT2D eigenvalue weighted by Gasteiger charge is 2.47. The summed E-state index contributed by atoms with van der Waals surface area (Å²) in [4.78, 5) is 23.8. The number of aryl methyl sites for hydroxylation is 1. The largest absolute Gasteiger partial charge is 0.509 e. The summed E-state index contributed by atoms with van der Waals surface area (Å²) < 4.78 is 13.8. The summed E-state index contributed by atoms with van der Waals surface area (Å²) in [5.74, 6) is -0.695. The van der Waals surface area contributed by atoms with Gasteiger partial charge in [0.1, 0.15) is 17.4 Å². The quantitative estimate of drug-likeness (QED) is 0.800. The molecule has 1 aromatic rings. The van der Waals surface area contributed by atoms with Crippen molar-refractivity contribution in [1.82, 2.24) is 5.32 Å². The average molecular weight is 368 g/mol. The lowest BCUT2D eigenvalue weighted by atomic mass is 9.80. The highest BCUT2D eigenvalue weighted by molar-refractivity contribution is 9.10. The Hall–Kier alpha value is -1.69. The third kappa shape index (κ3) is 2.26. The molecule has 4 nitrogen and oxygen atoms in total. The molecule has 1 fully saturated rings. The molecule has 0 radical (unpaired) electrons. The van der Waals surface area contributed by atoms with Crippen LogP contribution in [0.3, 0.4) is 0 Å². The smallest absolute Gasteiger partial charge is 0.256 e. The van der Waals surface area contributed by atoms with Crippen molar-refractivity contribution in [3.8, 4) is 0 Å². The summed E-state index contributed by atoms with van der Waals surface area (Å²) in [5.41, 5.74) is 0.388. The van der Waals surface area contributed by atoms with E-state index >= 15 is 0 Å². The van der Waals surface area contributed by atoms with Crippen molar-refractivity contribution in [3.05, 3.63) is 39.3 Å². The van der Waals surface area contributed by atoms with E-state index in [0.29, 0.717) is 36.8 Å². The standard InChI is InChI=1S/C16H15BrFNO3/c1-8-6-12(18)11(17)7-10(8)13-14(21)16(19-15(13)22)4-2-9(20)3-5-16/h6-7,21H,2-5H2,1H3,(H,19,22). The van der Waals surface area contributed by atoms with E-state index in [1.807, 2.05) is 0 Å². The van der Waals surface area contributed by atoms with Crippen LogP contribution in [0.25, 0.3) is 5.57 Å². The van der Waals surface area contributed by atoms with E-state index in [9.17, 15) is 19.1 Å². The highest BCUT2D eigenvalue weighted by Crippen LogP contribution is 2.41. The third-order valence-corrected chi connectivity index (χ3v) is 5.08. The molecule has 2 aliphatic rings. The molecule has 2 N–H and O–H groups in total. The molecule has 1 heterocycles. The van der Waals surface area contributed by atoms with E-state index in [4.69, 9.17) is 0 Å². The molecule has 1 aliphatic carbocycles. The van der Waals surface area contributed by atoms with Crippen molar-refractivity contribution >= 4 is 33.2 Å². The van der Waals surface area contributed by atoms with Gasteiger partial charge in [0.2, 0.25) is 0 Å². The van der Waals surface area contributed by atoms with Gasteiger partial charge in [-0.25, -0.2) is 4.39 Å². The first-order chi connectivity index (χ1) is 10.3. The Morgan fingerprint density at radius 1 is 1.27 bits per heavy atom. The van der Waals surface area contributed by atoms with Crippen LogP contribution in [-0.4, -0.2) is 22.3 Å². The van der Waals surface area contributed by atoms with Gasteiger partial charge >= 0.3 is 0 Å². The minimum absolute atomic E-state index is 0.0355. The molecule has 1 amide bonds. The van der Waals surface area contributed by atoms with E-state index in [-0.39, 0.29) is 27.5 Å². The second-order valence-corrected chi connectivity index (χ2v) is 6.73. The van der Waals surface area contributed by atoms with Crippen LogP contribution in [0.1, 0.15) is 36.8 Å². The fraction of sp³-hybridized carbons (Fsp3) is 0.375. The van der Waals surface area contributed by atoms with Gasteiger partial charge in [-0.05, 0) is 59.0 Å². The number of aliphatic hydroxyl groups is 1. The Bertz CT molecular complexity index is 716. The molecule has 0 unspecified atom stereocenters. The molecule has 0 bridgehead atoms. The van der Waals surface area contributed by atoms with Crippen LogP contribution in [0.5, 0.6) is 0 Å². The summed E-state index contributed by atoms with van der Waals surface area (Å²) in [6, 6.07) is 2.82. The minimum atomic E-state index is -0.854. The number of hydrogen-bond acceptors (Lipinski definition) is 3. The summed E-state index contributed by atoms with van der Waals surface area (Å²) >= 11 is 3.11. The SMILES string of the molecule is Cc1cc(F)c(Br)cc1C1=C(O)C2(CCC(=O)CC2)NC1=O. The lowest BCUT2D eigenvalue weighted by Crippen LogP contribution is -2.47. The maximum Gasteiger partial charge on any atom is 0.256 e. The molecule has 116 valence electrons. The highest BCUT2D eigenvalue weighted by atomic mass is 79.9. The van der Waals surface area contributed by atoms with Crippen molar-refractivity contribution in [3.63, 3.8) is 0 Å². The van der Waals surface area contributed by atoms with E-state index in [0.717, 1.165) is 0 Å². The number of Topliss-reactive ketones (excluding diaryl/α,β-unsaturated/α-hetero) is 1. The minimum Gasteiger partial charge on any atom is -0.509 e. The maximum absolute atomic E-state index is 13.6. The van der Waals surface area contributed by atoms with Crippen molar-refractivity contribution < 1.29 is 19.1 Å². The van der Waals surface area contributed by atoms with E-state index < -0.39 is 11.4 Å². The van der Waals surface area contributed by atoms with E-state index in [1.54, 1.807) is 6.92 Å². The van der Waals surface area contributed by atoms with Crippen molar-refractivity contribution in [2.75, 3.05) is 0 Å². The number of benzene rings is 1. The van der Waals surface area contributed by atoms with Crippen LogP contribution in [0.15, 0.2) is 22.4 Å². The third-order valence-electron chi connectivity index (χ3n) is 4.47. The first-order valence-electron chi connectivity index (χ1n) is 7.08. The lowest BCUT2D eigenvalue weighted by molar-refractivity contribution is -0.123. The van der Waals surface area contributed by atoms with Crippen LogP contribution in [0.2, 0.25) is 0 Å². The zero-order chi connectivity index (χ0) is 16.1. The number of amides is 1. The second kappa shape index (κ2) is 5.19. The number of carbonyl (C=O) groups is 2. The van der Waals surface area contributed by atoms with Gasteiger partial charge in [-0.3, -0.25) is 9.59 Å². The number of halogens is 2. The van der Waals surface area contributed by atoms with Crippen molar-refractivity contribution in [1.29, 1.82) is 0 Å². The summed E-state index contributed by atoms with van der Waals surface area (Å²) in [6.45, 7) is 1.69. The number of carbonyl (C=O) groups excluding carboxylic acids is 2. The number of hydrogen-bond donors (Lipinski definition) is 2. The van der Waals surface area contributed by atoms with Crippen LogP contribution in [0, 0.1) is 12.7 Å². The number of nitrogens with one attached hydrogen (secondary N) is 1. The van der Waals surface area contributed by atoms with Crippen LogP contribution < -0.4 is 5.32 Å². The zero-order valence-electron chi connectivity index (χ0n) is 12.0. The number of ketones is 1. The Morgan fingerprint density at radius 3 is 2.55 bits per heavy atom. The molecule has 1 aliphatic heterocycles. The van der Waals surface area contributed by atoms with Gasteiger partial charge in [-0.1, -0.05) is 0 Å². The summed E-state index contributed by atoms with van der Waals surface area (Å²) in [5, 5.41) is 13.5. The van der Waals surface area contributed by atoms with E-state index in [1.165, 1.54) is 12.1 Å². The lowest BCUT2D eigenvalue weighted by Gasteiger charge is -2.32. The predicted molar refractivity (Wildman–Crippen MR) is 82.7 cm³/mol. The summed E-state index contributed by atoms with van der Waals surface area (Å²) in [7, 11) is 0. The van der Waals surface area contributed by atoms with Gasteiger partial charge < -0.3 is 10.4 Å². The van der Waals surface area contributed by atoms with Gasteiger partial charge in [-0.15, -0.1) is 0 Å². The van der Waals surface area contributed by atoms with Crippen LogP contribution in [0.4, 0.5) is 4.39 Å². The maximum atomic E-state index is 13.6. The summed E-state index contributed by atoms with van der Waals surface area (Å²) in [6.07, 6.45) is 1.47. The molecular formula is C16H15BrFNO3. The molecule has 1 spiro atoms. The topological polar surface area (TPSA) is 66.4 Å². The van der Waals surface area contributed by atoms with Crippen LogP contribution >= 0.6 is 15.9 Å². The van der Waals surface area contributed by atoms with Gasteiger partial charge in [-0.2, -0.15) is 0 Å². The van der Waals surface area contributed by atoms with Gasteiger partial charge in [0.15, 0.2) is 0 Å². The van der Waals surface area contributed by atoms with Gasteiger partial charge in [0.05, 0.1) is 15.6 Å². The first kappa shape index (κ1) is 15.2. The second-order valence-electron chi connectivity index (χ2n) is 5.88. The van der Waals surface area contributed by atoms with Gasteiger partial charge in [0.25, 0.3) is 5.91 Å². The monoisotopic (exact) mass is 367 g/mol. The number of rotatable bonds is 1. The normalized spacial score (nSPS) is 20.7. The molecule has 3 rings (SSSR count). The Morgan fingerprint density at radius 2 is 1.91 bits per heavy atom.